The van der Waals surface area contributed by atoms with Gasteiger partial charge in [0.15, 0.2) is 0 Å². The molecule has 94 valence electrons. The molecule has 0 saturated heterocycles. The summed E-state index contributed by atoms with van der Waals surface area (Å²) in [4.78, 5) is 17.8. The summed E-state index contributed by atoms with van der Waals surface area (Å²) >= 11 is 5.89. The number of nitrogen functional groups attached to an aromatic ring is 1. The molecule has 5 nitrogen and oxygen atoms in total. The van der Waals surface area contributed by atoms with E-state index in [1.807, 2.05) is 25.9 Å². The molecule has 1 rings (SSSR count). The highest BCUT2D eigenvalue weighted by Crippen LogP contribution is 2.15. The Morgan fingerprint density at radius 2 is 2.24 bits per heavy atom. The minimum Gasteiger partial charge on any atom is -0.384 e. The van der Waals surface area contributed by atoms with Gasteiger partial charge in [0.05, 0.1) is 5.02 Å². The van der Waals surface area contributed by atoms with Crippen LogP contribution in [-0.4, -0.2) is 42.5 Å². The van der Waals surface area contributed by atoms with Crippen molar-refractivity contribution in [2.24, 2.45) is 0 Å². The normalized spacial score (nSPS) is 12.5. The summed E-state index contributed by atoms with van der Waals surface area (Å²) < 4.78 is 0. The Morgan fingerprint density at radius 3 is 2.82 bits per heavy atom. The van der Waals surface area contributed by atoms with Crippen LogP contribution in [0.5, 0.6) is 0 Å². The van der Waals surface area contributed by atoms with E-state index in [4.69, 9.17) is 17.3 Å². The van der Waals surface area contributed by atoms with Gasteiger partial charge in [-0.2, -0.15) is 0 Å². The molecule has 0 radical (unpaired) electrons. The SMILES string of the molecule is CC(CN(C)C)NC(=O)c1nc(N)ccc1Cl. The van der Waals surface area contributed by atoms with E-state index in [0.29, 0.717) is 5.02 Å². The van der Waals surface area contributed by atoms with Crippen molar-refractivity contribution in [3.8, 4) is 0 Å². The lowest BCUT2D eigenvalue weighted by atomic mass is 10.2. The largest absolute Gasteiger partial charge is 0.384 e. The van der Waals surface area contributed by atoms with Crippen LogP contribution in [0.25, 0.3) is 0 Å². The van der Waals surface area contributed by atoms with Gasteiger partial charge in [-0.15, -0.1) is 0 Å². The molecule has 0 aliphatic carbocycles. The molecular formula is C11H17ClN4O. The molecule has 3 N–H and O–H groups in total. The van der Waals surface area contributed by atoms with Crippen molar-refractivity contribution in [3.63, 3.8) is 0 Å². The van der Waals surface area contributed by atoms with Crippen LogP contribution in [0.1, 0.15) is 17.4 Å². The molecular weight excluding hydrogens is 240 g/mol. The molecule has 1 aromatic heterocycles. The molecule has 1 unspecified atom stereocenters. The van der Waals surface area contributed by atoms with E-state index in [1.54, 1.807) is 12.1 Å². The third kappa shape index (κ3) is 4.20. The summed E-state index contributed by atoms with van der Waals surface area (Å²) in [6, 6.07) is 3.13. The molecule has 0 spiro atoms. The number of nitrogens with two attached hydrogens (primary N) is 1. The number of likely N-dealkylation sites (N-methyl/N-ethyl adjacent to an activating group) is 1. The number of nitrogens with one attached hydrogen (secondary N) is 1. The Morgan fingerprint density at radius 1 is 1.59 bits per heavy atom. The van der Waals surface area contributed by atoms with E-state index >= 15 is 0 Å². The Bertz CT molecular complexity index is 408. The molecule has 0 bridgehead atoms. The maximum absolute atomic E-state index is 11.9. The van der Waals surface area contributed by atoms with Crippen molar-refractivity contribution in [2.75, 3.05) is 26.4 Å². The number of aromatic nitrogens is 1. The third-order valence-corrected chi connectivity index (χ3v) is 2.40. The van der Waals surface area contributed by atoms with Crippen LogP contribution in [0.15, 0.2) is 12.1 Å². The van der Waals surface area contributed by atoms with Crippen molar-refractivity contribution >= 4 is 23.3 Å². The van der Waals surface area contributed by atoms with Gasteiger partial charge in [-0.05, 0) is 33.2 Å². The van der Waals surface area contributed by atoms with Gasteiger partial charge in [-0.3, -0.25) is 4.79 Å². The summed E-state index contributed by atoms with van der Waals surface area (Å²) in [5.74, 6) is -0.0311. The van der Waals surface area contributed by atoms with Gasteiger partial charge < -0.3 is 16.0 Å². The lowest BCUT2D eigenvalue weighted by Crippen LogP contribution is -2.40. The minimum atomic E-state index is -0.309. The van der Waals surface area contributed by atoms with E-state index in [1.165, 1.54) is 0 Å². The number of amides is 1. The van der Waals surface area contributed by atoms with Gasteiger partial charge in [0.25, 0.3) is 5.91 Å². The number of pyridine rings is 1. The van der Waals surface area contributed by atoms with Gasteiger partial charge in [-0.1, -0.05) is 11.6 Å². The molecule has 6 heteroatoms. The highest BCUT2D eigenvalue weighted by molar-refractivity contribution is 6.33. The number of hydrogen-bond acceptors (Lipinski definition) is 4. The molecule has 0 aliphatic heterocycles. The highest BCUT2D eigenvalue weighted by atomic mass is 35.5. The van der Waals surface area contributed by atoms with E-state index in [9.17, 15) is 4.79 Å². The summed E-state index contributed by atoms with van der Waals surface area (Å²) in [6.07, 6.45) is 0. The van der Waals surface area contributed by atoms with Crippen LogP contribution < -0.4 is 11.1 Å². The van der Waals surface area contributed by atoms with E-state index in [0.717, 1.165) is 6.54 Å². The zero-order chi connectivity index (χ0) is 13.0. The Balaban J connectivity index is 2.73. The van der Waals surface area contributed by atoms with Crippen LogP contribution in [-0.2, 0) is 0 Å². The first-order chi connectivity index (χ1) is 7.90. The van der Waals surface area contributed by atoms with Crippen LogP contribution in [0.2, 0.25) is 5.02 Å². The zero-order valence-corrected chi connectivity index (χ0v) is 11.0. The minimum absolute atomic E-state index is 0.0109. The first-order valence-corrected chi connectivity index (χ1v) is 5.65. The standard InChI is InChI=1S/C11H17ClN4O/c1-7(6-16(2)3)14-11(17)10-8(12)4-5-9(13)15-10/h4-5,7H,6H2,1-3H3,(H2,13,15)(H,14,17). The summed E-state index contributed by atoms with van der Waals surface area (Å²) in [6.45, 7) is 2.66. The summed E-state index contributed by atoms with van der Waals surface area (Å²) in [7, 11) is 3.88. The van der Waals surface area contributed by atoms with Gasteiger partial charge in [0.1, 0.15) is 11.5 Å². The van der Waals surface area contributed by atoms with Gasteiger partial charge in [0, 0.05) is 12.6 Å². The Labute approximate surface area is 106 Å². The monoisotopic (exact) mass is 256 g/mol. The number of halogens is 1. The first kappa shape index (κ1) is 13.7. The zero-order valence-electron chi connectivity index (χ0n) is 10.2. The smallest absolute Gasteiger partial charge is 0.271 e. The quantitative estimate of drug-likeness (QED) is 0.843. The van der Waals surface area contributed by atoms with E-state index < -0.39 is 0 Å². The lowest BCUT2D eigenvalue weighted by molar-refractivity contribution is 0.0929. The lowest BCUT2D eigenvalue weighted by Gasteiger charge is -2.18. The summed E-state index contributed by atoms with van der Waals surface area (Å²) in [5, 5.41) is 3.11. The molecule has 1 atom stereocenters. The number of carbonyl (C=O) groups is 1. The maximum atomic E-state index is 11.9. The topological polar surface area (TPSA) is 71.2 Å². The maximum Gasteiger partial charge on any atom is 0.271 e. The Hall–Kier alpha value is -1.33. The second kappa shape index (κ2) is 5.84. The number of anilines is 1. The van der Waals surface area contributed by atoms with Crippen molar-refractivity contribution in [3.05, 3.63) is 22.8 Å². The summed E-state index contributed by atoms with van der Waals surface area (Å²) in [5.41, 5.74) is 5.68. The Kier molecular flexibility index (Phi) is 4.72. The third-order valence-electron chi connectivity index (χ3n) is 2.10. The molecule has 1 amide bonds. The van der Waals surface area contributed by atoms with Crippen molar-refractivity contribution in [1.29, 1.82) is 0 Å². The van der Waals surface area contributed by atoms with Gasteiger partial charge in [0.2, 0.25) is 0 Å². The fourth-order valence-electron chi connectivity index (χ4n) is 1.50. The van der Waals surface area contributed by atoms with E-state index in [-0.39, 0.29) is 23.5 Å². The fraction of sp³-hybridized carbons (Fsp3) is 0.455. The molecule has 0 fully saturated rings. The average molecular weight is 257 g/mol. The molecule has 1 heterocycles. The van der Waals surface area contributed by atoms with E-state index in [2.05, 4.69) is 10.3 Å². The van der Waals surface area contributed by atoms with Crippen molar-refractivity contribution in [1.82, 2.24) is 15.2 Å². The van der Waals surface area contributed by atoms with Crippen LogP contribution in [0.3, 0.4) is 0 Å². The predicted molar refractivity (Wildman–Crippen MR) is 69.1 cm³/mol. The van der Waals surface area contributed by atoms with Crippen LogP contribution >= 0.6 is 11.6 Å². The van der Waals surface area contributed by atoms with Crippen molar-refractivity contribution < 1.29 is 4.79 Å². The predicted octanol–water partition coefficient (Wildman–Crippen LogP) is 0.997. The second-order valence-electron chi connectivity index (χ2n) is 4.20. The van der Waals surface area contributed by atoms with Crippen LogP contribution in [0, 0.1) is 0 Å². The van der Waals surface area contributed by atoms with Crippen LogP contribution in [0.4, 0.5) is 5.82 Å². The molecule has 0 aliphatic rings. The van der Waals surface area contributed by atoms with Crippen molar-refractivity contribution in [2.45, 2.75) is 13.0 Å². The number of carbonyl (C=O) groups excluding carboxylic acids is 1. The fourth-order valence-corrected chi connectivity index (χ4v) is 1.69. The number of nitrogens with zero attached hydrogens (tertiary/aromatic N) is 2. The number of hydrogen-bond donors (Lipinski definition) is 2. The molecule has 1 aromatic rings. The van der Waals surface area contributed by atoms with Gasteiger partial charge >= 0.3 is 0 Å². The number of rotatable bonds is 4. The molecule has 0 aromatic carbocycles. The molecule has 17 heavy (non-hydrogen) atoms. The first-order valence-electron chi connectivity index (χ1n) is 5.27. The average Bonchev–Trinajstić information content (AvgIpc) is 2.20. The molecule has 0 saturated carbocycles. The van der Waals surface area contributed by atoms with Gasteiger partial charge in [-0.25, -0.2) is 4.98 Å². The highest BCUT2D eigenvalue weighted by Gasteiger charge is 2.15. The second-order valence-corrected chi connectivity index (χ2v) is 4.61.